The number of rotatable bonds is 12. The van der Waals surface area contributed by atoms with Crippen LogP contribution in [0.4, 0.5) is 0 Å². The molecule has 0 unspecified atom stereocenters. The minimum Gasteiger partial charge on any atom is -0.457 e. The second kappa shape index (κ2) is 26.3. The Hall–Kier alpha value is -6.96. The van der Waals surface area contributed by atoms with Crippen molar-refractivity contribution in [2.75, 3.05) is 40.8 Å². The van der Waals surface area contributed by atoms with Crippen molar-refractivity contribution in [2.45, 2.75) is 115 Å². The Kier molecular flexibility index (Phi) is 18.1. The van der Waals surface area contributed by atoms with Gasteiger partial charge >= 0.3 is 0 Å². The van der Waals surface area contributed by atoms with Crippen LogP contribution in [0.3, 0.4) is 0 Å². The summed E-state index contributed by atoms with van der Waals surface area (Å²) in [5.74, 6) is 7.16. The van der Waals surface area contributed by atoms with Gasteiger partial charge in [0.25, 0.3) is 0 Å². The van der Waals surface area contributed by atoms with Gasteiger partial charge in [-0.25, -0.2) is 0 Å². The lowest BCUT2D eigenvalue weighted by atomic mass is 9.87. The van der Waals surface area contributed by atoms with E-state index in [4.69, 9.17) is 56.8 Å². The standard InChI is InChI=1S/C66H60O18S6/c1-31(67)85-19-49-55-37-7-38-14-40-9-42-16-44-11-46-18-48-12-47-17-45-10-43-15-41-8-39(13-37)57(75-25-73-55)50(20-86-32(2)68)59(41)77-27-79-61(43)52(22-88-34(4)70)63(45)81-29-83-65(47)54(24-90-36(6)72)66(48)84-30-82-64(46)53(23-89-35(5)71)62(44)80-28-78-60(42)51(21-87-33(3)69)58(40)76-26-74-56(38)49/h7-12H,13-30H2,1-6H3. The number of ether oxygens (including phenoxy) is 12. The summed E-state index contributed by atoms with van der Waals surface area (Å²) in [5.41, 5.74) is 13.3. The maximum atomic E-state index is 12.9. The van der Waals surface area contributed by atoms with Gasteiger partial charge in [-0.05, 0) is 103 Å². The van der Waals surface area contributed by atoms with Crippen LogP contribution < -0.4 is 56.8 Å². The summed E-state index contributed by atoms with van der Waals surface area (Å²) in [6, 6.07) is 12.5. The van der Waals surface area contributed by atoms with Crippen molar-refractivity contribution in [1.82, 2.24) is 0 Å². The van der Waals surface area contributed by atoms with Crippen LogP contribution in [0.25, 0.3) is 0 Å². The second-order valence-corrected chi connectivity index (χ2v) is 29.1. The molecule has 1 aliphatic carbocycles. The molecule has 0 radical (unpaired) electrons. The van der Waals surface area contributed by atoms with Gasteiger partial charge in [0.1, 0.15) is 69.0 Å². The molecule has 13 rings (SSSR count). The lowest BCUT2D eigenvalue weighted by Crippen LogP contribution is -2.22. The molecule has 24 heteroatoms. The quantitative estimate of drug-likeness (QED) is 0.111. The van der Waals surface area contributed by atoms with Crippen molar-refractivity contribution >= 4 is 101 Å². The highest BCUT2D eigenvalue weighted by Crippen LogP contribution is 2.53. The van der Waals surface area contributed by atoms with Gasteiger partial charge < -0.3 is 56.8 Å². The van der Waals surface area contributed by atoms with Crippen LogP contribution in [-0.2, 0) is 102 Å². The fourth-order valence-electron chi connectivity index (χ4n) is 12.7. The molecular formula is C66H60O18S6. The molecule has 6 heterocycles. The molecule has 0 amide bonds. The predicted molar refractivity (Wildman–Crippen MR) is 344 cm³/mol. The molecule has 468 valence electrons. The molecule has 0 N–H and O–H groups in total. The van der Waals surface area contributed by atoms with E-state index >= 15 is 0 Å². The Morgan fingerprint density at radius 3 is 0.444 bits per heavy atom. The summed E-state index contributed by atoms with van der Waals surface area (Å²) >= 11 is 6.75. The summed E-state index contributed by atoms with van der Waals surface area (Å²) in [5, 5.41) is -0.631. The van der Waals surface area contributed by atoms with Crippen molar-refractivity contribution in [2.24, 2.45) is 0 Å². The van der Waals surface area contributed by atoms with Gasteiger partial charge in [0.15, 0.2) is 30.7 Å². The molecule has 12 bridgehead atoms. The first-order chi connectivity index (χ1) is 43.5. The van der Waals surface area contributed by atoms with Gasteiger partial charge in [-0.15, -0.1) is 0 Å². The Morgan fingerprint density at radius 2 is 0.344 bits per heavy atom. The SMILES string of the molecule is CC(=O)SCc1c2c3cc4c1OCOc1c(cc5c(c1CSC(C)=O)OCOc1c(cc6c(c1CSC(C)=O)OCOc1c(cc7c(c1CSC(C)=O)OCOc1c(cc8c(c1CSC(C)=O)OCOc1c(cc(c(c1CSC(C)=O)OCO2)C3)C8)C7)C6)C5)C4. The van der Waals surface area contributed by atoms with E-state index in [-0.39, 0.29) is 144 Å². The summed E-state index contributed by atoms with van der Waals surface area (Å²) < 4.78 is 80.1. The Balaban J connectivity index is 1.10. The molecule has 0 spiro atoms. The fraction of sp³-hybridized carbons (Fsp3) is 0.364. The van der Waals surface area contributed by atoms with E-state index in [0.717, 1.165) is 137 Å². The average molecular weight is 1330 g/mol. The lowest BCUT2D eigenvalue weighted by molar-refractivity contribution is -0.109. The zero-order valence-electron chi connectivity index (χ0n) is 50.0. The monoisotopic (exact) mass is 1330 g/mol. The third-order valence-corrected chi connectivity index (χ3v) is 21.2. The summed E-state index contributed by atoms with van der Waals surface area (Å²) in [6.45, 7) is 7.62. The van der Waals surface area contributed by atoms with E-state index in [2.05, 4.69) is 36.4 Å². The van der Waals surface area contributed by atoms with E-state index < -0.39 is 0 Å². The lowest BCUT2D eigenvalue weighted by Gasteiger charge is -2.31. The number of hydrogen-bond donors (Lipinski definition) is 0. The highest BCUT2D eigenvalue weighted by atomic mass is 32.2. The van der Waals surface area contributed by atoms with E-state index in [1.54, 1.807) is 0 Å². The maximum absolute atomic E-state index is 12.9. The largest absolute Gasteiger partial charge is 0.457 e. The van der Waals surface area contributed by atoms with E-state index in [9.17, 15) is 28.8 Å². The Bertz CT molecular complexity index is 3220. The van der Waals surface area contributed by atoms with Gasteiger partial charge in [0.05, 0.1) is 0 Å². The molecule has 18 nitrogen and oxygen atoms in total. The third kappa shape index (κ3) is 12.6. The number of carbonyl (C=O) groups excluding carboxylic acids is 6. The number of hydrogen-bond acceptors (Lipinski definition) is 24. The molecule has 0 aromatic heterocycles. The highest BCUT2D eigenvalue weighted by molar-refractivity contribution is 8.14. The van der Waals surface area contributed by atoms with Crippen molar-refractivity contribution < 1.29 is 85.6 Å². The van der Waals surface area contributed by atoms with Crippen LogP contribution in [0.5, 0.6) is 69.0 Å². The van der Waals surface area contributed by atoms with Gasteiger partial charge in [-0.3, -0.25) is 28.8 Å². The molecule has 0 fully saturated rings. The number of thioether (sulfide) groups is 6. The fourth-order valence-corrected chi connectivity index (χ4v) is 16.3. The normalized spacial score (nSPS) is 15.0. The van der Waals surface area contributed by atoms with E-state index in [1.165, 1.54) is 41.5 Å². The highest BCUT2D eigenvalue weighted by Gasteiger charge is 2.36. The molecule has 90 heavy (non-hydrogen) atoms. The third-order valence-electron chi connectivity index (χ3n) is 16.1. The zero-order valence-corrected chi connectivity index (χ0v) is 54.9. The molecule has 6 aliphatic heterocycles. The summed E-state index contributed by atoms with van der Waals surface area (Å²) in [7, 11) is 0. The second-order valence-electron chi connectivity index (χ2n) is 22.2. The maximum Gasteiger partial charge on any atom is 0.230 e. The molecule has 0 saturated heterocycles. The van der Waals surface area contributed by atoms with Gasteiger partial charge in [-0.2, -0.15) is 0 Å². The Morgan fingerprint density at radius 1 is 0.233 bits per heavy atom. The molecule has 0 saturated carbocycles. The topological polar surface area (TPSA) is 213 Å². The average Bonchev–Trinajstić information content (AvgIpc) is 0.774. The zero-order chi connectivity index (χ0) is 62.5. The molecule has 7 aliphatic rings. The van der Waals surface area contributed by atoms with E-state index in [0.29, 0.717) is 102 Å². The Labute approximate surface area is 544 Å². The molecular weight excluding hydrogens is 1270 g/mol. The smallest absolute Gasteiger partial charge is 0.230 e. The number of benzene rings is 6. The minimum atomic E-state index is -0.246. The van der Waals surface area contributed by atoms with Crippen molar-refractivity contribution in [3.63, 3.8) is 0 Å². The minimum absolute atomic E-state index is 0.105. The molecule has 0 atom stereocenters. The van der Waals surface area contributed by atoms with Crippen LogP contribution in [-0.4, -0.2) is 71.4 Å². The van der Waals surface area contributed by atoms with Crippen LogP contribution in [0.1, 0.15) is 142 Å². The summed E-state index contributed by atoms with van der Waals surface area (Å²) in [4.78, 5) is 77.6. The van der Waals surface area contributed by atoms with Gasteiger partial charge in [-0.1, -0.05) is 70.6 Å². The van der Waals surface area contributed by atoms with Crippen LogP contribution in [0.2, 0.25) is 0 Å². The van der Waals surface area contributed by atoms with Crippen molar-refractivity contribution in [3.8, 4) is 69.0 Å². The van der Waals surface area contributed by atoms with Crippen LogP contribution in [0.15, 0.2) is 36.4 Å². The van der Waals surface area contributed by atoms with Gasteiger partial charge in [0.2, 0.25) is 40.8 Å². The van der Waals surface area contributed by atoms with Crippen LogP contribution >= 0.6 is 70.6 Å². The van der Waals surface area contributed by atoms with Gasteiger partial charge in [0, 0.05) is 148 Å². The molecule has 6 aromatic carbocycles. The number of carbonyl (C=O) groups is 6. The first kappa shape index (κ1) is 61.9. The van der Waals surface area contributed by atoms with Crippen LogP contribution in [0, 0.1) is 0 Å². The molecule has 6 aromatic rings. The summed E-state index contributed by atoms with van der Waals surface area (Å²) in [6.07, 6.45) is 1.63. The van der Waals surface area contributed by atoms with E-state index in [1.807, 2.05) is 0 Å². The first-order valence-corrected chi connectivity index (χ1v) is 34.8. The van der Waals surface area contributed by atoms with Crippen molar-refractivity contribution in [3.05, 3.63) is 137 Å². The predicted octanol–water partition coefficient (Wildman–Crippen LogP) is 12.6. The van der Waals surface area contributed by atoms with Crippen molar-refractivity contribution in [1.29, 1.82) is 0 Å². The first-order valence-electron chi connectivity index (χ1n) is 28.9.